The van der Waals surface area contributed by atoms with Crippen molar-refractivity contribution in [2.24, 2.45) is 29.1 Å². The van der Waals surface area contributed by atoms with Crippen LogP contribution in [0.15, 0.2) is 0 Å². The molecule has 0 aromatic carbocycles. The highest BCUT2D eigenvalue weighted by Gasteiger charge is 2.51. The van der Waals surface area contributed by atoms with Gasteiger partial charge in [0.25, 0.3) is 0 Å². The molecule has 1 amide bonds. The predicted octanol–water partition coefficient (Wildman–Crippen LogP) is 3.05. The maximum absolute atomic E-state index is 12.6. The summed E-state index contributed by atoms with van der Waals surface area (Å²) < 4.78 is 0. The van der Waals surface area contributed by atoms with Crippen molar-refractivity contribution >= 4 is 5.91 Å². The van der Waals surface area contributed by atoms with Gasteiger partial charge in [0.05, 0.1) is 0 Å². The second kappa shape index (κ2) is 5.81. The molecule has 3 heteroatoms. The highest BCUT2D eigenvalue weighted by molar-refractivity contribution is 5.76. The van der Waals surface area contributed by atoms with E-state index in [9.17, 15) is 4.79 Å². The third kappa shape index (κ3) is 2.93. The zero-order valence-electron chi connectivity index (χ0n) is 14.2. The van der Waals surface area contributed by atoms with Gasteiger partial charge in [-0.2, -0.15) is 0 Å². The Morgan fingerprint density at radius 2 is 1.59 bits per heavy atom. The summed E-state index contributed by atoms with van der Waals surface area (Å²) in [6, 6.07) is 0. The lowest BCUT2D eigenvalue weighted by Crippen LogP contribution is -2.51. The highest BCUT2D eigenvalue weighted by atomic mass is 16.2. The summed E-state index contributed by atoms with van der Waals surface area (Å²) in [5, 5.41) is 3.40. The van der Waals surface area contributed by atoms with Crippen LogP contribution < -0.4 is 5.32 Å². The molecule has 1 heterocycles. The molecule has 5 rings (SSSR count). The van der Waals surface area contributed by atoms with Crippen LogP contribution in [0.2, 0.25) is 0 Å². The van der Waals surface area contributed by atoms with E-state index in [0.717, 1.165) is 43.8 Å². The molecule has 0 atom stereocenters. The van der Waals surface area contributed by atoms with Crippen LogP contribution in [0.5, 0.6) is 0 Å². The Kier molecular flexibility index (Phi) is 3.96. The van der Waals surface area contributed by atoms with Gasteiger partial charge in [-0.1, -0.05) is 0 Å². The minimum absolute atomic E-state index is 0.405. The van der Waals surface area contributed by atoms with Crippen LogP contribution in [-0.4, -0.2) is 37.5 Å². The van der Waals surface area contributed by atoms with E-state index in [4.69, 9.17) is 0 Å². The predicted molar refractivity (Wildman–Crippen MR) is 88.5 cm³/mol. The quantitative estimate of drug-likeness (QED) is 0.866. The van der Waals surface area contributed by atoms with Gasteiger partial charge in [-0.05, 0) is 93.5 Å². The number of hydrogen-bond acceptors (Lipinski definition) is 2. The molecule has 0 unspecified atom stereocenters. The first-order chi connectivity index (χ1) is 10.6. The SMILES string of the molecule is CN(CC12CC3CC(CC(C3)C1)C2)C(=O)CC1CCNCC1. The van der Waals surface area contributed by atoms with E-state index in [0.29, 0.717) is 17.2 Å². The van der Waals surface area contributed by atoms with Crippen LogP contribution in [0.1, 0.15) is 57.8 Å². The Morgan fingerprint density at radius 1 is 1.05 bits per heavy atom. The Morgan fingerprint density at radius 3 is 2.14 bits per heavy atom. The van der Waals surface area contributed by atoms with Gasteiger partial charge in [-0.25, -0.2) is 0 Å². The minimum Gasteiger partial charge on any atom is -0.345 e. The van der Waals surface area contributed by atoms with E-state index >= 15 is 0 Å². The Hall–Kier alpha value is -0.570. The van der Waals surface area contributed by atoms with Gasteiger partial charge in [-0.15, -0.1) is 0 Å². The first-order valence-corrected chi connectivity index (χ1v) is 9.57. The maximum atomic E-state index is 12.6. The monoisotopic (exact) mass is 304 g/mol. The number of amides is 1. The number of hydrogen-bond donors (Lipinski definition) is 1. The molecule has 4 bridgehead atoms. The van der Waals surface area contributed by atoms with Crippen LogP contribution in [0.3, 0.4) is 0 Å². The van der Waals surface area contributed by atoms with Crippen molar-refractivity contribution in [2.75, 3.05) is 26.7 Å². The molecule has 3 nitrogen and oxygen atoms in total. The van der Waals surface area contributed by atoms with Crippen molar-refractivity contribution in [1.82, 2.24) is 10.2 Å². The lowest BCUT2D eigenvalue weighted by molar-refractivity contribution is -0.136. The summed E-state index contributed by atoms with van der Waals surface area (Å²) in [5.74, 6) is 3.98. The van der Waals surface area contributed by atoms with Gasteiger partial charge >= 0.3 is 0 Å². The molecule has 1 aliphatic heterocycles. The molecule has 0 radical (unpaired) electrons. The minimum atomic E-state index is 0.405. The summed E-state index contributed by atoms with van der Waals surface area (Å²) >= 11 is 0. The maximum Gasteiger partial charge on any atom is 0.222 e. The van der Waals surface area contributed by atoms with E-state index in [1.54, 1.807) is 0 Å². The second-order valence-electron chi connectivity index (χ2n) is 9.06. The van der Waals surface area contributed by atoms with E-state index in [2.05, 4.69) is 17.3 Å². The average Bonchev–Trinajstić information content (AvgIpc) is 2.46. The van der Waals surface area contributed by atoms with Crippen LogP contribution in [0, 0.1) is 29.1 Å². The van der Waals surface area contributed by atoms with E-state index in [1.165, 1.54) is 51.4 Å². The van der Waals surface area contributed by atoms with Gasteiger partial charge in [0, 0.05) is 20.0 Å². The first kappa shape index (κ1) is 15.0. The normalized spacial score (nSPS) is 40.9. The molecule has 5 fully saturated rings. The molecule has 124 valence electrons. The molecule has 1 N–H and O–H groups in total. The summed E-state index contributed by atoms with van der Waals surface area (Å²) in [7, 11) is 2.07. The van der Waals surface area contributed by atoms with E-state index < -0.39 is 0 Å². The van der Waals surface area contributed by atoms with Gasteiger partial charge in [0.1, 0.15) is 0 Å². The summed E-state index contributed by atoms with van der Waals surface area (Å²) in [5.41, 5.74) is 0.493. The molecule has 0 aromatic rings. The van der Waals surface area contributed by atoms with Gasteiger partial charge in [0.15, 0.2) is 0 Å². The molecular weight excluding hydrogens is 272 g/mol. The average molecular weight is 304 g/mol. The molecular formula is C19H32N2O. The lowest BCUT2D eigenvalue weighted by Gasteiger charge is -2.57. The smallest absolute Gasteiger partial charge is 0.222 e. The Labute approximate surface area is 135 Å². The molecule has 0 spiro atoms. The zero-order valence-corrected chi connectivity index (χ0v) is 14.2. The van der Waals surface area contributed by atoms with E-state index in [1.807, 2.05) is 0 Å². The number of carbonyl (C=O) groups excluding carboxylic acids is 1. The Bertz CT molecular complexity index is 392. The first-order valence-electron chi connectivity index (χ1n) is 9.57. The second-order valence-corrected chi connectivity index (χ2v) is 9.06. The van der Waals surface area contributed by atoms with Gasteiger partial charge in [-0.3, -0.25) is 4.79 Å². The summed E-state index contributed by atoms with van der Waals surface area (Å²) in [4.78, 5) is 14.7. The summed E-state index contributed by atoms with van der Waals surface area (Å²) in [6.07, 6.45) is 11.8. The third-order valence-corrected chi connectivity index (χ3v) is 7.09. The fourth-order valence-corrected chi connectivity index (χ4v) is 6.56. The van der Waals surface area contributed by atoms with Crippen LogP contribution in [0.25, 0.3) is 0 Å². The standard InChI is InChI=1S/C19H32N2O/c1-21(18(22)9-14-2-4-20-5-3-14)13-19-10-15-6-16(11-19)8-17(7-15)12-19/h14-17,20H,2-13H2,1H3. The molecule has 4 aliphatic carbocycles. The van der Waals surface area contributed by atoms with E-state index in [-0.39, 0.29) is 0 Å². The lowest BCUT2D eigenvalue weighted by atomic mass is 9.49. The number of nitrogens with one attached hydrogen (secondary N) is 1. The summed E-state index contributed by atoms with van der Waals surface area (Å²) in [6.45, 7) is 3.23. The molecule has 22 heavy (non-hydrogen) atoms. The Balaban J connectivity index is 1.35. The molecule has 5 aliphatic rings. The highest BCUT2D eigenvalue weighted by Crippen LogP contribution is 2.60. The van der Waals surface area contributed by atoms with Crippen molar-refractivity contribution in [3.8, 4) is 0 Å². The number of nitrogens with zero attached hydrogens (tertiary/aromatic N) is 1. The molecule has 4 saturated carbocycles. The van der Waals surface area contributed by atoms with Crippen LogP contribution >= 0.6 is 0 Å². The number of piperidine rings is 1. The molecule has 0 aromatic heterocycles. The van der Waals surface area contributed by atoms with Crippen molar-refractivity contribution in [3.05, 3.63) is 0 Å². The van der Waals surface area contributed by atoms with Crippen LogP contribution in [0.4, 0.5) is 0 Å². The topological polar surface area (TPSA) is 32.3 Å². The molecule has 1 saturated heterocycles. The fourth-order valence-electron chi connectivity index (χ4n) is 6.56. The zero-order chi connectivity index (χ0) is 15.2. The third-order valence-electron chi connectivity index (χ3n) is 7.09. The fraction of sp³-hybridized carbons (Fsp3) is 0.947. The van der Waals surface area contributed by atoms with Gasteiger partial charge in [0.2, 0.25) is 5.91 Å². The van der Waals surface area contributed by atoms with Crippen molar-refractivity contribution in [1.29, 1.82) is 0 Å². The van der Waals surface area contributed by atoms with Crippen molar-refractivity contribution < 1.29 is 4.79 Å². The van der Waals surface area contributed by atoms with Crippen molar-refractivity contribution in [3.63, 3.8) is 0 Å². The van der Waals surface area contributed by atoms with Crippen molar-refractivity contribution in [2.45, 2.75) is 57.8 Å². The largest absolute Gasteiger partial charge is 0.345 e. The number of carbonyl (C=O) groups is 1. The number of rotatable bonds is 4. The van der Waals surface area contributed by atoms with Gasteiger partial charge < -0.3 is 10.2 Å². The van der Waals surface area contributed by atoms with Crippen LogP contribution in [-0.2, 0) is 4.79 Å².